The third-order valence-corrected chi connectivity index (χ3v) is 7.28. The molecule has 1 heterocycles. The first-order valence-electron chi connectivity index (χ1n) is 10.2. The van der Waals surface area contributed by atoms with Crippen molar-refractivity contribution < 1.29 is 28.6 Å². The molecule has 0 bridgehead atoms. The SMILES string of the molecule is CCC(C)C(=O)O[C@@H]1c2c(C)coc2C[C@@]2(O)CC[C@H](OC(C)=O)[C@H](C)[C@@]12C. The Morgan fingerprint density at radius 2 is 2.07 bits per heavy atom. The Labute approximate surface area is 166 Å². The molecule has 6 atom stereocenters. The lowest BCUT2D eigenvalue weighted by Crippen LogP contribution is -2.63. The van der Waals surface area contributed by atoms with Crippen LogP contribution in [-0.4, -0.2) is 28.8 Å². The molecule has 156 valence electrons. The van der Waals surface area contributed by atoms with E-state index in [0.717, 1.165) is 11.1 Å². The summed E-state index contributed by atoms with van der Waals surface area (Å²) in [6.07, 6.45) is 2.72. The first kappa shape index (κ1) is 20.9. The highest BCUT2D eigenvalue weighted by Crippen LogP contribution is 2.61. The zero-order valence-electron chi connectivity index (χ0n) is 17.7. The Kier molecular flexibility index (Phi) is 5.38. The molecule has 28 heavy (non-hydrogen) atoms. The molecule has 6 nitrogen and oxygen atoms in total. The van der Waals surface area contributed by atoms with Gasteiger partial charge < -0.3 is 19.0 Å². The maximum atomic E-state index is 12.8. The molecule has 1 fully saturated rings. The number of esters is 2. The maximum Gasteiger partial charge on any atom is 0.309 e. The van der Waals surface area contributed by atoms with E-state index in [9.17, 15) is 14.7 Å². The van der Waals surface area contributed by atoms with Crippen molar-refractivity contribution in [2.45, 2.75) is 85.0 Å². The Balaban J connectivity index is 2.09. The van der Waals surface area contributed by atoms with Crippen LogP contribution in [0.3, 0.4) is 0 Å². The number of carbonyl (C=O) groups excluding carboxylic acids is 2. The molecule has 2 aliphatic carbocycles. The number of rotatable bonds is 4. The second-order valence-corrected chi connectivity index (χ2v) is 8.85. The number of fused-ring (bicyclic) bond motifs is 2. The number of carbonyl (C=O) groups is 2. The van der Waals surface area contributed by atoms with Gasteiger partial charge in [0.15, 0.2) is 0 Å². The van der Waals surface area contributed by atoms with Crippen LogP contribution in [0.4, 0.5) is 0 Å². The molecule has 1 N–H and O–H groups in total. The van der Waals surface area contributed by atoms with E-state index < -0.39 is 17.1 Å². The molecule has 1 saturated carbocycles. The van der Waals surface area contributed by atoms with E-state index in [2.05, 4.69) is 0 Å². The molecule has 0 aliphatic heterocycles. The molecule has 0 aromatic carbocycles. The summed E-state index contributed by atoms with van der Waals surface area (Å²) in [5, 5.41) is 11.7. The fraction of sp³-hybridized carbons (Fsp3) is 0.727. The van der Waals surface area contributed by atoms with Gasteiger partial charge in [0.05, 0.1) is 17.8 Å². The van der Waals surface area contributed by atoms with Crippen molar-refractivity contribution in [3.05, 3.63) is 23.2 Å². The molecular weight excluding hydrogens is 360 g/mol. The van der Waals surface area contributed by atoms with Gasteiger partial charge in [0, 0.05) is 30.2 Å². The van der Waals surface area contributed by atoms with Gasteiger partial charge >= 0.3 is 11.9 Å². The molecule has 0 saturated heterocycles. The maximum absolute atomic E-state index is 12.8. The van der Waals surface area contributed by atoms with Crippen LogP contribution in [0.15, 0.2) is 10.7 Å². The lowest BCUT2D eigenvalue weighted by molar-refractivity contribution is -0.236. The molecule has 6 heteroatoms. The molecule has 1 aromatic rings. The van der Waals surface area contributed by atoms with Gasteiger partial charge in [-0.1, -0.05) is 27.7 Å². The minimum Gasteiger partial charge on any atom is -0.469 e. The summed E-state index contributed by atoms with van der Waals surface area (Å²) in [7, 11) is 0. The Bertz CT molecular complexity index is 767. The van der Waals surface area contributed by atoms with Crippen molar-refractivity contribution in [2.24, 2.45) is 17.3 Å². The van der Waals surface area contributed by atoms with Crippen molar-refractivity contribution in [3.8, 4) is 0 Å². The van der Waals surface area contributed by atoms with E-state index in [1.54, 1.807) is 6.26 Å². The van der Waals surface area contributed by atoms with Gasteiger partial charge in [-0.15, -0.1) is 0 Å². The fourth-order valence-corrected chi connectivity index (χ4v) is 4.99. The van der Waals surface area contributed by atoms with Crippen LogP contribution >= 0.6 is 0 Å². The largest absolute Gasteiger partial charge is 0.469 e. The van der Waals surface area contributed by atoms with E-state index in [1.165, 1.54) is 6.92 Å². The summed E-state index contributed by atoms with van der Waals surface area (Å²) in [5.41, 5.74) is -0.169. The third-order valence-electron chi connectivity index (χ3n) is 7.28. The van der Waals surface area contributed by atoms with Gasteiger partial charge in [0.2, 0.25) is 0 Å². The summed E-state index contributed by atoms with van der Waals surface area (Å²) in [4.78, 5) is 24.4. The highest BCUT2D eigenvalue weighted by Gasteiger charge is 2.65. The molecule has 1 unspecified atom stereocenters. The predicted molar refractivity (Wildman–Crippen MR) is 102 cm³/mol. The van der Waals surface area contributed by atoms with Gasteiger partial charge in [0.1, 0.15) is 18.0 Å². The van der Waals surface area contributed by atoms with Crippen molar-refractivity contribution in [1.82, 2.24) is 0 Å². The average Bonchev–Trinajstić information content (AvgIpc) is 2.99. The summed E-state index contributed by atoms with van der Waals surface area (Å²) in [6.45, 7) is 11.0. The Morgan fingerprint density at radius 1 is 1.39 bits per heavy atom. The van der Waals surface area contributed by atoms with Crippen LogP contribution in [0.25, 0.3) is 0 Å². The molecule has 3 rings (SSSR count). The summed E-state index contributed by atoms with van der Waals surface area (Å²) in [6, 6.07) is 0. The predicted octanol–water partition coefficient (Wildman–Crippen LogP) is 3.87. The van der Waals surface area contributed by atoms with E-state index in [0.29, 0.717) is 31.4 Å². The highest BCUT2D eigenvalue weighted by molar-refractivity contribution is 5.72. The van der Waals surface area contributed by atoms with Crippen LogP contribution in [-0.2, 0) is 25.5 Å². The van der Waals surface area contributed by atoms with Crippen LogP contribution in [0.2, 0.25) is 0 Å². The van der Waals surface area contributed by atoms with E-state index >= 15 is 0 Å². The molecule has 0 radical (unpaired) electrons. The number of aryl methyl sites for hydroxylation is 1. The third kappa shape index (κ3) is 3.06. The monoisotopic (exact) mass is 392 g/mol. The summed E-state index contributed by atoms with van der Waals surface area (Å²) >= 11 is 0. The molecule has 0 spiro atoms. The summed E-state index contributed by atoms with van der Waals surface area (Å²) in [5.74, 6) is -0.385. The second-order valence-electron chi connectivity index (χ2n) is 8.85. The lowest BCUT2D eigenvalue weighted by Gasteiger charge is -2.59. The molecular formula is C22H32O6. The second kappa shape index (κ2) is 7.21. The Hall–Kier alpha value is -1.82. The highest BCUT2D eigenvalue weighted by atomic mass is 16.6. The lowest BCUT2D eigenvalue weighted by atomic mass is 9.51. The summed E-state index contributed by atoms with van der Waals surface area (Å²) < 4.78 is 17.4. The van der Waals surface area contributed by atoms with Crippen molar-refractivity contribution in [3.63, 3.8) is 0 Å². The number of ether oxygens (including phenoxy) is 2. The number of hydrogen-bond donors (Lipinski definition) is 1. The van der Waals surface area contributed by atoms with E-state index in [4.69, 9.17) is 13.9 Å². The van der Waals surface area contributed by atoms with Gasteiger partial charge in [-0.2, -0.15) is 0 Å². The molecule has 2 aliphatic rings. The smallest absolute Gasteiger partial charge is 0.309 e. The van der Waals surface area contributed by atoms with Gasteiger partial charge in [-0.3, -0.25) is 9.59 Å². The average molecular weight is 392 g/mol. The molecule has 1 aromatic heterocycles. The van der Waals surface area contributed by atoms with Crippen molar-refractivity contribution in [1.29, 1.82) is 0 Å². The quantitative estimate of drug-likeness (QED) is 0.783. The number of aliphatic hydroxyl groups is 1. The van der Waals surface area contributed by atoms with Crippen molar-refractivity contribution in [2.75, 3.05) is 0 Å². The minimum absolute atomic E-state index is 0.202. The number of furan rings is 1. The van der Waals surface area contributed by atoms with Gasteiger partial charge in [-0.05, 0) is 31.7 Å². The first-order chi connectivity index (χ1) is 13.0. The molecule has 0 amide bonds. The van der Waals surface area contributed by atoms with E-state index in [1.807, 2.05) is 34.6 Å². The fourth-order valence-electron chi connectivity index (χ4n) is 4.99. The number of hydrogen-bond acceptors (Lipinski definition) is 6. The van der Waals surface area contributed by atoms with E-state index in [-0.39, 0.29) is 29.9 Å². The Morgan fingerprint density at radius 3 is 2.68 bits per heavy atom. The first-order valence-corrected chi connectivity index (χ1v) is 10.2. The van der Waals surface area contributed by atoms with Gasteiger partial charge in [-0.25, -0.2) is 0 Å². The van der Waals surface area contributed by atoms with Crippen LogP contribution < -0.4 is 0 Å². The van der Waals surface area contributed by atoms with Crippen LogP contribution in [0.5, 0.6) is 0 Å². The minimum atomic E-state index is -1.11. The van der Waals surface area contributed by atoms with Crippen LogP contribution in [0.1, 0.15) is 76.9 Å². The van der Waals surface area contributed by atoms with Crippen molar-refractivity contribution >= 4 is 11.9 Å². The van der Waals surface area contributed by atoms with Gasteiger partial charge in [0.25, 0.3) is 0 Å². The zero-order chi connectivity index (χ0) is 20.9. The normalized spacial score (nSPS) is 35.5. The van der Waals surface area contributed by atoms with Crippen LogP contribution in [0, 0.1) is 24.2 Å². The standard InChI is InChI=1S/C22H32O6/c1-7-12(2)20(24)28-19-18-13(3)11-26-17(18)10-22(25)9-8-16(27-15(5)23)14(4)21(19,22)6/h11-12,14,16,19,25H,7-10H2,1-6H3/t12?,14-,16-,19+,21-,22-/m0/s1. The topological polar surface area (TPSA) is 86.0 Å². The zero-order valence-corrected chi connectivity index (χ0v) is 17.7.